The van der Waals surface area contributed by atoms with E-state index in [4.69, 9.17) is 10.5 Å². The molecule has 0 unspecified atom stereocenters. The minimum atomic E-state index is 0.0250. The first-order chi connectivity index (χ1) is 8.27. The number of hydrogen-bond acceptors (Lipinski definition) is 3. The van der Waals surface area contributed by atoms with Crippen molar-refractivity contribution in [3.05, 3.63) is 0 Å². The lowest BCUT2D eigenvalue weighted by atomic mass is 9.82. The Balaban J connectivity index is 2.08. The summed E-state index contributed by atoms with van der Waals surface area (Å²) in [6.45, 7) is 3.55. The van der Waals surface area contributed by atoms with Crippen molar-refractivity contribution in [3.63, 3.8) is 0 Å². The summed E-state index contributed by atoms with van der Waals surface area (Å²) in [7, 11) is 0. The van der Waals surface area contributed by atoms with Gasteiger partial charge in [-0.05, 0) is 44.6 Å². The molecule has 0 amide bonds. The van der Waals surface area contributed by atoms with Gasteiger partial charge in [0.1, 0.15) is 0 Å². The molecule has 0 radical (unpaired) electrons. The largest absolute Gasteiger partial charge is 0.465 e. The Kier molecular flexibility index (Phi) is 7.25. The van der Waals surface area contributed by atoms with Gasteiger partial charge in [0.2, 0.25) is 0 Å². The van der Waals surface area contributed by atoms with Gasteiger partial charge < -0.3 is 10.5 Å². The molecule has 3 nitrogen and oxygen atoms in total. The van der Waals surface area contributed by atoms with Crippen molar-refractivity contribution in [1.29, 1.82) is 0 Å². The molecular formula is C14H27NO2. The average molecular weight is 241 g/mol. The maximum absolute atomic E-state index is 11.8. The molecule has 2 N–H and O–H groups in total. The number of rotatable bonds is 7. The summed E-state index contributed by atoms with van der Waals surface area (Å²) in [6.07, 6.45) is 8.75. The van der Waals surface area contributed by atoms with Crippen LogP contribution in [0.5, 0.6) is 0 Å². The summed E-state index contributed by atoms with van der Waals surface area (Å²) in [5, 5.41) is 0. The Labute approximate surface area is 105 Å². The molecule has 0 spiro atoms. The third-order valence-electron chi connectivity index (χ3n) is 3.76. The van der Waals surface area contributed by atoms with Gasteiger partial charge in [0.25, 0.3) is 0 Å². The van der Waals surface area contributed by atoms with Crippen LogP contribution >= 0.6 is 0 Å². The fraction of sp³-hybridized carbons (Fsp3) is 0.929. The first kappa shape index (κ1) is 14.5. The van der Waals surface area contributed by atoms with E-state index in [2.05, 4.69) is 6.92 Å². The van der Waals surface area contributed by atoms with Crippen LogP contribution in [0.25, 0.3) is 0 Å². The summed E-state index contributed by atoms with van der Waals surface area (Å²) >= 11 is 0. The number of carbonyl (C=O) groups is 1. The molecule has 17 heavy (non-hydrogen) atoms. The molecule has 1 saturated carbocycles. The number of carbonyl (C=O) groups excluding carboxylic acids is 1. The predicted molar refractivity (Wildman–Crippen MR) is 69.6 cm³/mol. The molecule has 0 aromatic rings. The van der Waals surface area contributed by atoms with Crippen molar-refractivity contribution in [1.82, 2.24) is 0 Å². The lowest BCUT2D eigenvalue weighted by molar-refractivity contribution is -0.150. The second-order valence-corrected chi connectivity index (χ2v) is 5.18. The van der Waals surface area contributed by atoms with E-state index in [1.807, 2.05) is 0 Å². The van der Waals surface area contributed by atoms with Crippen LogP contribution in [-0.2, 0) is 9.53 Å². The Morgan fingerprint density at radius 2 is 1.88 bits per heavy atom. The van der Waals surface area contributed by atoms with E-state index in [-0.39, 0.29) is 11.9 Å². The minimum absolute atomic E-state index is 0.0250. The highest BCUT2D eigenvalue weighted by atomic mass is 16.5. The van der Waals surface area contributed by atoms with E-state index in [9.17, 15) is 4.79 Å². The zero-order chi connectivity index (χ0) is 12.5. The van der Waals surface area contributed by atoms with Crippen LogP contribution in [0.3, 0.4) is 0 Å². The maximum Gasteiger partial charge on any atom is 0.308 e. The maximum atomic E-state index is 11.8. The highest BCUT2D eigenvalue weighted by Gasteiger charge is 2.26. The number of nitrogens with two attached hydrogens (primary N) is 1. The first-order valence-electron chi connectivity index (χ1n) is 7.14. The van der Waals surface area contributed by atoms with E-state index in [1.165, 1.54) is 19.3 Å². The molecule has 1 aliphatic rings. The summed E-state index contributed by atoms with van der Waals surface area (Å²) in [5.41, 5.74) is 5.64. The van der Waals surface area contributed by atoms with Crippen molar-refractivity contribution in [2.24, 2.45) is 17.6 Å². The molecule has 0 aromatic heterocycles. The fourth-order valence-corrected chi connectivity index (χ4v) is 2.45. The van der Waals surface area contributed by atoms with Gasteiger partial charge in [-0.2, -0.15) is 0 Å². The Hall–Kier alpha value is -0.570. The third-order valence-corrected chi connectivity index (χ3v) is 3.76. The summed E-state index contributed by atoms with van der Waals surface area (Å²) in [6, 6.07) is 0. The molecule has 0 bridgehead atoms. The molecule has 1 rings (SSSR count). The van der Waals surface area contributed by atoms with Crippen LogP contribution < -0.4 is 5.73 Å². The molecule has 1 aliphatic carbocycles. The van der Waals surface area contributed by atoms with Crippen LogP contribution in [0.2, 0.25) is 0 Å². The van der Waals surface area contributed by atoms with Gasteiger partial charge in [-0.1, -0.05) is 26.2 Å². The standard InChI is InChI=1S/C14H27NO2/c1-2-3-4-5-10-17-14(16)13-8-6-12(11-15)7-9-13/h12-13H,2-11,15H2,1H3. The molecule has 0 heterocycles. The first-order valence-corrected chi connectivity index (χ1v) is 7.14. The van der Waals surface area contributed by atoms with E-state index in [0.29, 0.717) is 12.5 Å². The second-order valence-electron chi connectivity index (χ2n) is 5.18. The Bertz CT molecular complexity index is 210. The van der Waals surface area contributed by atoms with Crippen molar-refractivity contribution in [2.45, 2.75) is 58.3 Å². The minimum Gasteiger partial charge on any atom is -0.465 e. The lowest BCUT2D eigenvalue weighted by Crippen LogP contribution is -2.27. The average Bonchev–Trinajstić information content (AvgIpc) is 2.38. The molecule has 1 fully saturated rings. The number of esters is 1. The van der Waals surface area contributed by atoms with E-state index in [0.717, 1.165) is 38.6 Å². The van der Waals surface area contributed by atoms with Crippen molar-refractivity contribution in [2.75, 3.05) is 13.2 Å². The fourth-order valence-electron chi connectivity index (χ4n) is 2.45. The topological polar surface area (TPSA) is 52.3 Å². The SMILES string of the molecule is CCCCCCOC(=O)C1CCC(CN)CC1. The van der Waals surface area contributed by atoms with Crippen molar-refractivity contribution < 1.29 is 9.53 Å². The molecule has 0 aliphatic heterocycles. The molecule has 0 aromatic carbocycles. The number of ether oxygens (including phenoxy) is 1. The molecular weight excluding hydrogens is 214 g/mol. The quantitative estimate of drug-likeness (QED) is 0.551. The van der Waals surface area contributed by atoms with Crippen molar-refractivity contribution >= 4 is 5.97 Å². The van der Waals surface area contributed by atoms with Crippen LogP contribution in [0.4, 0.5) is 0 Å². The molecule has 0 atom stereocenters. The third kappa shape index (κ3) is 5.53. The summed E-state index contributed by atoms with van der Waals surface area (Å²) in [5.74, 6) is 0.796. The highest BCUT2D eigenvalue weighted by molar-refractivity contribution is 5.72. The van der Waals surface area contributed by atoms with Gasteiger partial charge in [0.05, 0.1) is 12.5 Å². The van der Waals surface area contributed by atoms with Gasteiger partial charge in [0.15, 0.2) is 0 Å². The zero-order valence-corrected chi connectivity index (χ0v) is 11.1. The van der Waals surface area contributed by atoms with E-state index < -0.39 is 0 Å². The van der Waals surface area contributed by atoms with E-state index in [1.54, 1.807) is 0 Å². The van der Waals surface area contributed by atoms with Gasteiger partial charge in [0, 0.05) is 0 Å². The Morgan fingerprint density at radius 1 is 1.18 bits per heavy atom. The number of unbranched alkanes of at least 4 members (excludes halogenated alkanes) is 3. The lowest BCUT2D eigenvalue weighted by Gasteiger charge is -2.26. The Morgan fingerprint density at radius 3 is 2.47 bits per heavy atom. The van der Waals surface area contributed by atoms with Gasteiger partial charge in [-0.25, -0.2) is 0 Å². The normalized spacial score (nSPS) is 24.6. The molecule has 3 heteroatoms. The van der Waals surface area contributed by atoms with Crippen molar-refractivity contribution in [3.8, 4) is 0 Å². The van der Waals surface area contributed by atoms with Gasteiger partial charge in [-0.3, -0.25) is 4.79 Å². The predicted octanol–water partition coefficient (Wildman–Crippen LogP) is 2.88. The smallest absolute Gasteiger partial charge is 0.308 e. The second kappa shape index (κ2) is 8.51. The van der Waals surface area contributed by atoms with Crippen LogP contribution in [-0.4, -0.2) is 19.1 Å². The van der Waals surface area contributed by atoms with Crippen LogP contribution in [0, 0.1) is 11.8 Å². The van der Waals surface area contributed by atoms with Crippen LogP contribution in [0.15, 0.2) is 0 Å². The monoisotopic (exact) mass is 241 g/mol. The van der Waals surface area contributed by atoms with Crippen LogP contribution in [0.1, 0.15) is 58.3 Å². The zero-order valence-electron chi connectivity index (χ0n) is 11.1. The van der Waals surface area contributed by atoms with Gasteiger partial charge in [-0.15, -0.1) is 0 Å². The molecule has 0 saturated heterocycles. The van der Waals surface area contributed by atoms with E-state index >= 15 is 0 Å². The summed E-state index contributed by atoms with van der Waals surface area (Å²) in [4.78, 5) is 11.8. The number of hydrogen-bond donors (Lipinski definition) is 1. The van der Waals surface area contributed by atoms with Gasteiger partial charge >= 0.3 is 5.97 Å². The highest BCUT2D eigenvalue weighted by Crippen LogP contribution is 2.28. The molecule has 100 valence electrons. The summed E-state index contributed by atoms with van der Waals surface area (Å²) < 4.78 is 5.33.